The molecule has 1 aromatic heterocycles. The van der Waals surface area contributed by atoms with Crippen LogP contribution in [0.4, 0.5) is 0 Å². The number of allylic oxidation sites excluding steroid dienone is 1. The third-order valence-electron chi connectivity index (χ3n) is 3.62. The Hall–Kier alpha value is -1.61. The first-order valence-electron chi connectivity index (χ1n) is 6.59. The van der Waals surface area contributed by atoms with Gasteiger partial charge in [-0.15, -0.1) is 0 Å². The summed E-state index contributed by atoms with van der Waals surface area (Å²) in [6.45, 7) is 3.08. The van der Waals surface area contributed by atoms with Gasteiger partial charge in [0.1, 0.15) is 5.82 Å². The number of aryl methyl sites for hydroxylation is 1. The Kier molecular flexibility index (Phi) is 2.92. The molecular formula is C15H18N2O. The lowest BCUT2D eigenvalue weighted by Gasteiger charge is -2.06. The second-order valence-corrected chi connectivity index (χ2v) is 4.87. The first-order chi connectivity index (χ1) is 8.78. The van der Waals surface area contributed by atoms with Crippen molar-refractivity contribution in [1.82, 2.24) is 9.55 Å². The Bertz CT molecular complexity index is 598. The number of aromatic nitrogens is 2. The average Bonchev–Trinajstić information content (AvgIpc) is 2.92. The minimum Gasteiger partial charge on any atom is -0.389 e. The Morgan fingerprint density at radius 3 is 2.94 bits per heavy atom. The Morgan fingerprint density at radius 2 is 2.22 bits per heavy atom. The summed E-state index contributed by atoms with van der Waals surface area (Å²) in [5, 5.41) is 9.54. The molecule has 0 bridgehead atoms. The topological polar surface area (TPSA) is 38.0 Å². The summed E-state index contributed by atoms with van der Waals surface area (Å²) in [6.07, 6.45) is 4.45. The van der Waals surface area contributed by atoms with Gasteiger partial charge in [0.15, 0.2) is 0 Å². The van der Waals surface area contributed by atoms with Crippen LogP contribution in [-0.2, 0) is 13.0 Å². The van der Waals surface area contributed by atoms with Crippen LogP contribution in [0.1, 0.15) is 25.6 Å². The molecule has 0 spiro atoms. The van der Waals surface area contributed by atoms with E-state index in [4.69, 9.17) is 4.98 Å². The van der Waals surface area contributed by atoms with Gasteiger partial charge < -0.3 is 9.67 Å². The zero-order valence-electron chi connectivity index (χ0n) is 10.6. The lowest BCUT2D eigenvalue weighted by molar-refractivity contribution is 0.223. The van der Waals surface area contributed by atoms with Crippen molar-refractivity contribution in [1.29, 1.82) is 0 Å². The predicted octanol–water partition coefficient (Wildman–Crippen LogP) is 2.68. The van der Waals surface area contributed by atoms with E-state index in [2.05, 4.69) is 29.7 Å². The number of nitrogens with zero attached hydrogens (tertiary/aromatic N) is 2. The molecule has 1 aliphatic carbocycles. The molecule has 1 aromatic carbocycles. The molecule has 18 heavy (non-hydrogen) atoms. The van der Waals surface area contributed by atoms with Crippen LogP contribution in [0, 0.1) is 0 Å². The molecular weight excluding hydrogens is 224 g/mol. The van der Waals surface area contributed by atoms with Gasteiger partial charge in [-0.2, -0.15) is 0 Å². The van der Waals surface area contributed by atoms with E-state index in [1.54, 1.807) is 0 Å². The van der Waals surface area contributed by atoms with Crippen LogP contribution >= 0.6 is 0 Å². The van der Waals surface area contributed by atoms with Gasteiger partial charge in [-0.05, 0) is 31.9 Å². The fourth-order valence-corrected chi connectivity index (χ4v) is 2.74. The van der Waals surface area contributed by atoms with Crippen molar-refractivity contribution in [3.63, 3.8) is 0 Å². The van der Waals surface area contributed by atoms with Gasteiger partial charge in [0.2, 0.25) is 0 Å². The molecule has 1 heterocycles. The van der Waals surface area contributed by atoms with E-state index in [1.165, 1.54) is 11.1 Å². The van der Waals surface area contributed by atoms with Gasteiger partial charge in [0, 0.05) is 13.0 Å². The summed E-state index contributed by atoms with van der Waals surface area (Å²) in [6, 6.07) is 8.26. The number of imidazole rings is 1. The van der Waals surface area contributed by atoms with Gasteiger partial charge in [-0.3, -0.25) is 0 Å². The predicted molar refractivity (Wildman–Crippen MR) is 72.4 cm³/mol. The number of fused-ring (bicyclic) bond motifs is 1. The van der Waals surface area contributed by atoms with Crippen LogP contribution in [0.15, 0.2) is 35.9 Å². The van der Waals surface area contributed by atoms with E-state index in [-0.39, 0.29) is 6.10 Å². The fraction of sp³-hybridized carbons (Fsp3) is 0.400. The maximum absolute atomic E-state index is 9.54. The average molecular weight is 242 g/mol. The van der Waals surface area contributed by atoms with E-state index < -0.39 is 0 Å². The second kappa shape index (κ2) is 4.58. The highest BCUT2D eigenvalue weighted by Gasteiger charge is 2.16. The molecule has 2 aromatic rings. The molecule has 0 fully saturated rings. The van der Waals surface area contributed by atoms with Crippen LogP contribution in [0.2, 0.25) is 0 Å². The fourth-order valence-electron chi connectivity index (χ4n) is 2.74. The molecule has 1 aliphatic rings. The van der Waals surface area contributed by atoms with Gasteiger partial charge in [0.05, 0.1) is 17.1 Å². The quantitative estimate of drug-likeness (QED) is 0.840. The first-order valence-corrected chi connectivity index (χ1v) is 6.59. The van der Waals surface area contributed by atoms with Crippen molar-refractivity contribution in [3.05, 3.63) is 41.7 Å². The van der Waals surface area contributed by atoms with Crippen LogP contribution in [0.3, 0.4) is 0 Å². The van der Waals surface area contributed by atoms with Gasteiger partial charge in [0.25, 0.3) is 0 Å². The molecule has 1 atom stereocenters. The van der Waals surface area contributed by atoms with Crippen LogP contribution < -0.4 is 0 Å². The molecule has 3 nitrogen and oxygen atoms in total. The number of para-hydroxylation sites is 2. The van der Waals surface area contributed by atoms with E-state index in [0.717, 1.165) is 37.1 Å². The molecule has 3 heteroatoms. The first kappa shape index (κ1) is 11.5. The molecule has 0 saturated carbocycles. The summed E-state index contributed by atoms with van der Waals surface area (Å²) in [5.74, 6) is 1.11. The van der Waals surface area contributed by atoms with Crippen LogP contribution in [-0.4, -0.2) is 20.8 Å². The summed E-state index contributed by atoms with van der Waals surface area (Å²) in [7, 11) is 0. The van der Waals surface area contributed by atoms with Gasteiger partial charge in [-0.1, -0.05) is 23.8 Å². The van der Waals surface area contributed by atoms with Crippen LogP contribution in [0.5, 0.6) is 0 Å². The minimum absolute atomic E-state index is 0.251. The molecule has 0 aliphatic heterocycles. The second-order valence-electron chi connectivity index (χ2n) is 4.87. The molecule has 0 radical (unpaired) electrons. The normalized spacial score (nSPS) is 19.4. The molecule has 1 N–H and O–H groups in total. The molecule has 94 valence electrons. The molecule has 1 unspecified atom stereocenters. The van der Waals surface area contributed by atoms with Crippen molar-refractivity contribution in [2.24, 2.45) is 0 Å². The maximum atomic E-state index is 9.54. The minimum atomic E-state index is -0.251. The number of hydrogen-bond donors (Lipinski definition) is 1. The summed E-state index contributed by atoms with van der Waals surface area (Å²) in [4.78, 5) is 4.71. The Balaban J connectivity index is 1.98. The lowest BCUT2D eigenvalue weighted by Crippen LogP contribution is -2.02. The van der Waals surface area contributed by atoms with Gasteiger partial charge >= 0.3 is 0 Å². The number of aliphatic hydroxyl groups is 1. The number of rotatable bonds is 3. The largest absolute Gasteiger partial charge is 0.389 e. The third-order valence-corrected chi connectivity index (χ3v) is 3.62. The summed E-state index contributed by atoms with van der Waals surface area (Å²) in [5.41, 5.74) is 3.58. The molecule has 0 saturated heterocycles. The molecule has 3 rings (SSSR count). The smallest absolute Gasteiger partial charge is 0.113 e. The highest BCUT2D eigenvalue weighted by Crippen LogP contribution is 2.24. The van der Waals surface area contributed by atoms with E-state index in [9.17, 15) is 5.11 Å². The number of benzene rings is 1. The van der Waals surface area contributed by atoms with E-state index in [1.807, 2.05) is 12.1 Å². The van der Waals surface area contributed by atoms with Crippen molar-refractivity contribution in [3.8, 4) is 0 Å². The zero-order valence-corrected chi connectivity index (χ0v) is 10.6. The van der Waals surface area contributed by atoms with Crippen molar-refractivity contribution >= 4 is 11.0 Å². The Labute approximate surface area is 107 Å². The Morgan fingerprint density at radius 1 is 1.39 bits per heavy atom. The highest BCUT2D eigenvalue weighted by molar-refractivity contribution is 5.75. The maximum Gasteiger partial charge on any atom is 0.113 e. The SMILES string of the molecule is CCn1c(CC2=CC(O)CC2)nc2ccccc21. The highest BCUT2D eigenvalue weighted by atomic mass is 16.3. The third kappa shape index (κ3) is 1.95. The number of hydrogen-bond acceptors (Lipinski definition) is 2. The number of aliphatic hydroxyl groups excluding tert-OH is 1. The van der Waals surface area contributed by atoms with E-state index in [0.29, 0.717) is 0 Å². The summed E-state index contributed by atoms with van der Waals surface area (Å²) >= 11 is 0. The van der Waals surface area contributed by atoms with Crippen LogP contribution in [0.25, 0.3) is 11.0 Å². The van der Waals surface area contributed by atoms with Crippen molar-refractivity contribution < 1.29 is 5.11 Å². The van der Waals surface area contributed by atoms with E-state index >= 15 is 0 Å². The van der Waals surface area contributed by atoms with Crippen molar-refractivity contribution in [2.45, 2.75) is 38.8 Å². The zero-order chi connectivity index (χ0) is 12.5. The molecule has 0 amide bonds. The monoisotopic (exact) mass is 242 g/mol. The standard InChI is InChI=1S/C15H18N2O/c1-2-17-14-6-4-3-5-13(14)16-15(17)10-11-7-8-12(18)9-11/h3-6,9,12,18H,2,7-8,10H2,1H3. The van der Waals surface area contributed by atoms with Crippen molar-refractivity contribution in [2.75, 3.05) is 0 Å². The van der Waals surface area contributed by atoms with Gasteiger partial charge in [-0.25, -0.2) is 4.98 Å². The summed E-state index contributed by atoms with van der Waals surface area (Å²) < 4.78 is 2.26. The lowest BCUT2D eigenvalue weighted by atomic mass is 10.1.